The van der Waals surface area contributed by atoms with Crippen LogP contribution < -0.4 is 0 Å². The second-order valence-corrected chi connectivity index (χ2v) is 7.45. The van der Waals surface area contributed by atoms with Gasteiger partial charge in [0.15, 0.2) is 5.78 Å². The number of nitrogens with zero attached hydrogens (tertiary/aromatic N) is 1. The molecular weight excluding hydrogens is 317 g/mol. The Bertz CT molecular complexity index is 762. The zero-order chi connectivity index (χ0) is 17.4. The Balaban J connectivity index is 1.39. The molecule has 2 aromatic rings. The van der Waals surface area contributed by atoms with Gasteiger partial charge in [0.25, 0.3) is 0 Å². The van der Waals surface area contributed by atoms with Crippen molar-refractivity contribution in [2.75, 3.05) is 19.6 Å². The maximum Gasteiger partial charge on any atom is 0.176 e. The van der Waals surface area contributed by atoms with Gasteiger partial charge in [0.1, 0.15) is 5.82 Å². The molecule has 0 radical (unpaired) electrons. The topological polar surface area (TPSA) is 40.5 Å². The summed E-state index contributed by atoms with van der Waals surface area (Å²) in [6, 6.07) is 15.8. The van der Waals surface area contributed by atoms with Crippen molar-refractivity contribution in [2.45, 2.75) is 18.4 Å². The molecule has 1 N–H and O–H groups in total. The third kappa shape index (κ3) is 3.24. The molecule has 0 spiro atoms. The van der Waals surface area contributed by atoms with E-state index in [2.05, 4.69) is 4.90 Å². The first-order chi connectivity index (χ1) is 12.0. The summed E-state index contributed by atoms with van der Waals surface area (Å²) in [7, 11) is 0. The van der Waals surface area contributed by atoms with Gasteiger partial charge in [0.05, 0.1) is 12.1 Å². The van der Waals surface area contributed by atoms with Gasteiger partial charge in [-0.3, -0.25) is 9.69 Å². The monoisotopic (exact) mass is 339 g/mol. The molecule has 2 aliphatic rings. The summed E-state index contributed by atoms with van der Waals surface area (Å²) in [5.74, 6) is 0.394. The third-order valence-corrected chi connectivity index (χ3v) is 5.68. The Morgan fingerprint density at radius 1 is 1.08 bits per heavy atom. The van der Waals surface area contributed by atoms with Crippen LogP contribution in [0.25, 0.3) is 0 Å². The Labute approximate surface area is 147 Å². The van der Waals surface area contributed by atoms with E-state index in [0.29, 0.717) is 23.9 Å². The first-order valence-electron chi connectivity index (χ1n) is 8.82. The highest BCUT2D eigenvalue weighted by atomic mass is 19.1. The number of fused-ring (bicyclic) bond motifs is 1. The molecule has 0 bridgehead atoms. The van der Waals surface area contributed by atoms with Crippen molar-refractivity contribution >= 4 is 5.78 Å². The fourth-order valence-corrected chi connectivity index (χ4v) is 4.52. The maximum absolute atomic E-state index is 13.3. The van der Waals surface area contributed by atoms with Crippen LogP contribution >= 0.6 is 0 Å². The zero-order valence-corrected chi connectivity index (χ0v) is 14.1. The minimum absolute atomic E-state index is 0.0437. The number of carbonyl (C=O) groups is 1. The summed E-state index contributed by atoms with van der Waals surface area (Å²) < 4.78 is 13.3. The van der Waals surface area contributed by atoms with Crippen molar-refractivity contribution in [1.29, 1.82) is 0 Å². The third-order valence-electron chi connectivity index (χ3n) is 5.68. The molecule has 3 nitrogen and oxygen atoms in total. The van der Waals surface area contributed by atoms with Crippen LogP contribution in [0.15, 0.2) is 54.6 Å². The van der Waals surface area contributed by atoms with Crippen LogP contribution in [0.5, 0.6) is 0 Å². The molecule has 1 saturated carbocycles. The van der Waals surface area contributed by atoms with Gasteiger partial charge in [-0.05, 0) is 42.4 Å². The number of benzene rings is 2. The largest absolute Gasteiger partial charge is 0.385 e. The van der Waals surface area contributed by atoms with Gasteiger partial charge in [0.2, 0.25) is 0 Å². The summed E-state index contributed by atoms with van der Waals surface area (Å²) in [6.07, 6.45) is 1.48. The lowest BCUT2D eigenvalue weighted by atomic mass is 9.90. The number of hydrogen-bond acceptors (Lipinski definition) is 3. The Kier molecular flexibility index (Phi) is 4.18. The van der Waals surface area contributed by atoms with Crippen molar-refractivity contribution in [1.82, 2.24) is 4.90 Å². The average molecular weight is 339 g/mol. The van der Waals surface area contributed by atoms with E-state index in [1.807, 2.05) is 30.3 Å². The molecule has 130 valence electrons. The molecule has 25 heavy (non-hydrogen) atoms. The lowest BCUT2D eigenvalue weighted by Gasteiger charge is -2.26. The predicted octanol–water partition coefficient (Wildman–Crippen LogP) is 3.24. The van der Waals surface area contributed by atoms with E-state index < -0.39 is 5.60 Å². The summed E-state index contributed by atoms with van der Waals surface area (Å²) >= 11 is 0. The van der Waals surface area contributed by atoms with Crippen LogP contribution in [0.1, 0.15) is 28.8 Å². The minimum Gasteiger partial charge on any atom is -0.385 e. The van der Waals surface area contributed by atoms with Crippen molar-refractivity contribution in [2.24, 2.45) is 11.8 Å². The number of ketones is 1. The standard InChI is InChI=1S/C21H22FNO2/c22-19-8-4-5-15(9-19)20(24)14-23-12-16-10-21(25,11-17(16)13-23)18-6-2-1-3-7-18/h1-9,16-17,25H,10-14H2. The molecule has 1 aliphatic heterocycles. The minimum atomic E-state index is -0.741. The second kappa shape index (κ2) is 6.36. The number of Topliss-reactive ketones (excluding diaryl/α,β-unsaturated/α-hetero) is 1. The van der Waals surface area contributed by atoms with Gasteiger partial charge >= 0.3 is 0 Å². The van der Waals surface area contributed by atoms with Crippen molar-refractivity contribution in [3.63, 3.8) is 0 Å². The maximum atomic E-state index is 13.3. The molecule has 2 atom stereocenters. The first-order valence-corrected chi connectivity index (χ1v) is 8.82. The molecule has 2 fully saturated rings. The molecule has 1 saturated heterocycles. The molecule has 2 aromatic carbocycles. The lowest BCUT2D eigenvalue weighted by Crippen LogP contribution is -2.31. The Morgan fingerprint density at radius 2 is 1.76 bits per heavy atom. The summed E-state index contributed by atoms with van der Waals surface area (Å²) in [4.78, 5) is 14.5. The second-order valence-electron chi connectivity index (χ2n) is 7.45. The van der Waals surface area contributed by atoms with E-state index in [9.17, 15) is 14.3 Å². The summed E-state index contributed by atoms with van der Waals surface area (Å²) in [5, 5.41) is 11.0. The highest BCUT2D eigenvalue weighted by molar-refractivity contribution is 5.97. The lowest BCUT2D eigenvalue weighted by molar-refractivity contribution is 0.0315. The number of halogens is 1. The number of rotatable bonds is 4. The SMILES string of the molecule is O=C(CN1CC2CC(O)(c3ccccc3)CC2C1)c1cccc(F)c1. The normalized spacial score (nSPS) is 28.9. The van der Waals surface area contributed by atoms with Crippen LogP contribution in [0.2, 0.25) is 0 Å². The molecule has 4 rings (SSSR count). The zero-order valence-electron chi connectivity index (χ0n) is 14.1. The number of likely N-dealkylation sites (tertiary alicyclic amines) is 1. The smallest absolute Gasteiger partial charge is 0.176 e. The van der Waals surface area contributed by atoms with Gasteiger partial charge < -0.3 is 5.11 Å². The molecule has 2 unspecified atom stereocenters. The molecule has 4 heteroatoms. The van der Waals surface area contributed by atoms with Gasteiger partial charge in [-0.1, -0.05) is 42.5 Å². The molecular formula is C21H22FNO2. The van der Waals surface area contributed by atoms with Crippen LogP contribution in [-0.4, -0.2) is 35.4 Å². The fraction of sp³-hybridized carbons (Fsp3) is 0.381. The highest BCUT2D eigenvalue weighted by Gasteiger charge is 2.49. The average Bonchev–Trinajstić information content (AvgIpc) is 3.10. The molecule has 1 heterocycles. The van der Waals surface area contributed by atoms with Gasteiger partial charge in [-0.15, -0.1) is 0 Å². The van der Waals surface area contributed by atoms with E-state index in [1.165, 1.54) is 12.1 Å². The van der Waals surface area contributed by atoms with E-state index in [4.69, 9.17) is 0 Å². The van der Waals surface area contributed by atoms with Crippen LogP contribution in [0.3, 0.4) is 0 Å². The van der Waals surface area contributed by atoms with Crippen molar-refractivity contribution < 1.29 is 14.3 Å². The number of aliphatic hydroxyl groups is 1. The van der Waals surface area contributed by atoms with E-state index in [1.54, 1.807) is 12.1 Å². The van der Waals surface area contributed by atoms with Gasteiger partial charge in [0, 0.05) is 18.7 Å². The van der Waals surface area contributed by atoms with Crippen molar-refractivity contribution in [3.05, 3.63) is 71.5 Å². The fourth-order valence-electron chi connectivity index (χ4n) is 4.52. The van der Waals surface area contributed by atoms with E-state index >= 15 is 0 Å². The van der Waals surface area contributed by atoms with Crippen LogP contribution in [0, 0.1) is 17.7 Å². The highest BCUT2D eigenvalue weighted by Crippen LogP contribution is 2.48. The number of hydrogen-bond donors (Lipinski definition) is 1. The summed E-state index contributed by atoms with van der Waals surface area (Å²) in [5.41, 5.74) is 0.680. The quantitative estimate of drug-likeness (QED) is 0.870. The van der Waals surface area contributed by atoms with Gasteiger partial charge in [-0.25, -0.2) is 4.39 Å². The van der Waals surface area contributed by atoms with Gasteiger partial charge in [-0.2, -0.15) is 0 Å². The van der Waals surface area contributed by atoms with E-state index in [-0.39, 0.29) is 11.6 Å². The predicted molar refractivity (Wildman–Crippen MR) is 93.7 cm³/mol. The van der Waals surface area contributed by atoms with Crippen LogP contribution in [0.4, 0.5) is 4.39 Å². The molecule has 1 aliphatic carbocycles. The molecule has 0 aromatic heterocycles. The van der Waals surface area contributed by atoms with Crippen molar-refractivity contribution in [3.8, 4) is 0 Å². The Hall–Kier alpha value is -2.04. The Morgan fingerprint density at radius 3 is 2.40 bits per heavy atom. The number of carbonyl (C=O) groups excluding carboxylic acids is 1. The first kappa shape index (κ1) is 16.4. The molecule has 0 amide bonds. The van der Waals surface area contributed by atoms with E-state index in [0.717, 1.165) is 31.5 Å². The summed E-state index contributed by atoms with van der Waals surface area (Å²) in [6.45, 7) is 1.96. The van der Waals surface area contributed by atoms with Crippen LogP contribution in [-0.2, 0) is 5.60 Å².